The third kappa shape index (κ3) is 14.3. The average molecular weight is 965 g/mol. The van der Waals surface area contributed by atoms with Crippen LogP contribution in [0.15, 0.2) is 188 Å². The summed E-state index contributed by atoms with van der Waals surface area (Å²) in [6.07, 6.45) is 3.34. The summed E-state index contributed by atoms with van der Waals surface area (Å²) in [5, 5.41) is 28.6. The minimum atomic E-state index is -3.68. The van der Waals surface area contributed by atoms with Crippen molar-refractivity contribution < 1.29 is 38.2 Å². The van der Waals surface area contributed by atoms with Gasteiger partial charge in [0.25, 0.3) is 5.91 Å². The van der Waals surface area contributed by atoms with E-state index in [1.54, 1.807) is 80.6 Å². The molecule has 7 aromatic rings. The van der Waals surface area contributed by atoms with Gasteiger partial charge >= 0.3 is 7.37 Å². The van der Waals surface area contributed by atoms with Crippen LogP contribution in [-0.4, -0.2) is 35.2 Å². The van der Waals surface area contributed by atoms with Crippen molar-refractivity contribution >= 4 is 58.5 Å². The molecule has 0 bridgehead atoms. The normalized spacial score (nSPS) is 12.1. The molecule has 0 aliphatic heterocycles. The number of aliphatic hydroxyl groups excluding tert-OH is 2. The number of ether oxygens (including phenoxy) is 1. The van der Waals surface area contributed by atoms with Crippen molar-refractivity contribution in [2.24, 2.45) is 0 Å². The second kappa shape index (κ2) is 25.7. The van der Waals surface area contributed by atoms with Crippen LogP contribution in [0.4, 0.5) is 5.69 Å². The van der Waals surface area contributed by atoms with Crippen LogP contribution in [0, 0.1) is 0 Å². The third-order valence-electron chi connectivity index (χ3n) is 11.4. The first kappa shape index (κ1) is 51.8. The molecule has 0 aliphatic carbocycles. The minimum Gasteiger partial charge on any atom is -0.494 e. The van der Waals surface area contributed by atoms with Crippen LogP contribution in [0.2, 0.25) is 0 Å². The topological polar surface area (TPSA) is 151 Å². The summed E-state index contributed by atoms with van der Waals surface area (Å²) < 4.78 is 40.9. The Balaban J connectivity index is 0.000000283. The van der Waals surface area contributed by atoms with Gasteiger partial charge in [-0.15, -0.1) is 0 Å². The fourth-order valence-corrected chi connectivity index (χ4v) is 12.2. The SMILES string of the molecule is CC(O)c1ccc(P(=O)(c2ccccc2)c2ccccc2)cc1.CCCCCNC(=O)c1ccc(NC(=O)CCCCOc2ccc(C(C)O)cc2)c(OP(=O)(c2ccccc2)c2ccccc2)c1. The smallest absolute Gasteiger partial charge is 0.306 e. The first-order valence-corrected chi connectivity index (χ1v) is 26.8. The largest absolute Gasteiger partial charge is 0.494 e. The number of anilines is 1. The summed E-state index contributed by atoms with van der Waals surface area (Å²) in [7, 11) is -6.59. The molecule has 0 heterocycles. The number of unbranched alkanes of at least 4 members (excludes halogenated alkanes) is 3. The zero-order valence-corrected chi connectivity index (χ0v) is 41.2. The van der Waals surface area contributed by atoms with E-state index in [0.717, 1.165) is 46.3 Å². The molecule has 7 aromatic carbocycles. The fourth-order valence-electron chi connectivity index (χ4n) is 7.48. The zero-order chi connectivity index (χ0) is 49.1. The molecule has 358 valence electrons. The van der Waals surface area contributed by atoms with Crippen molar-refractivity contribution in [1.82, 2.24) is 5.32 Å². The lowest BCUT2D eigenvalue weighted by atomic mass is 10.1. The van der Waals surface area contributed by atoms with E-state index >= 15 is 0 Å². The Morgan fingerprint density at radius 1 is 0.565 bits per heavy atom. The highest BCUT2D eigenvalue weighted by Gasteiger charge is 2.32. The highest BCUT2D eigenvalue weighted by Crippen LogP contribution is 2.47. The Hall–Kier alpha value is -6.54. The van der Waals surface area contributed by atoms with Crippen LogP contribution in [-0.2, 0) is 13.9 Å². The molecule has 0 aliphatic rings. The maximum atomic E-state index is 14.7. The second-order valence-corrected chi connectivity index (χ2v) is 21.7. The highest BCUT2D eigenvalue weighted by molar-refractivity contribution is 7.85. The number of carbonyl (C=O) groups is 2. The Morgan fingerprint density at radius 2 is 1.04 bits per heavy atom. The van der Waals surface area contributed by atoms with E-state index in [2.05, 4.69) is 17.6 Å². The molecule has 2 atom stereocenters. The molecule has 12 heteroatoms. The van der Waals surface area contributed by atoms with Gasteiger partial charge in [-0.2, -0.15) is 0 Å². The van der Waals surface area contributed by atoms with Crippen LogP contribution < -0.4 is 46.4 Å². The van der Waals surface area contributed by atoms with E-state index in [4.69, 9.17) is 9.26 Å². The minimum absolute atomic E-state index is 0.148. The van der Waals surface area contributed by atoms with Gasteiger partial charge in [0, 0.05) is 34.4 Å². The van der Waals surface area contributed by atoms with Crippen molar-refractivity contribution in [3.05, 3.63) is 205 Å². The van der Waals surface area contributed by atoms with Gasteiger partial charge in [-0.3, -0.25) is 14.2 Å². The lowest BCUT2D eigenvalue weighted by molar-refractivity contribution is -0.116. The number of carbonyl (C=O) groups excluding carboxylic acids is 2. The second-order valence-electron chi connectivity index (χ2n) is 16.6. The average Bonchev–Trinajstić information content (AvgIpc) is 3.39. The third-order valence-corrected chi connectivity index (χ3v) is 16.9. The molecule has 0 fully saturated rings. The molecule has 2 amide bonds. The summed E-state index contributed by atoms with van der Waals surface area (Å²) in [5.41, 5.74) is 2.31. The Morgan fingerprint density at radius 3 is 1.54 bits per heavy atom. The number of nitrogens with one attached hydrogen (secondary N) is 2. The van der Waals surface area contributed by atoms with Gasteiger partial charge in [0.1, 0.15) is 5.75 Å². The number of rotatable bonds is 21. The molecule has 2 unspecified atom stereocenters. The summed E-state index contributed by atoms with van der Waals surface area (Å²) in [5.74, 6) is 0.340. The standard InChI is InChI=1S/C37H43N2O6P.C20H19O2P/c1-3-4-12-25-38-37(42)30-21-24-34(39-36(41)18-11-13-26-44-31-22-19-29(20-23-31)28(2)40)35(27-30)45-46(43,32-14-7-5-8-15-32)33-16-9-6-10-17-33;1-16(21)17-12-14-20(15-13-17)23(22,18-8-4-2-5-9-18)19-10-6-3-7-11-19/h5-10,14-17,19-24,27-28,40H,3-4,11-13,18,25-26H2,1-2H3,(H,38,42)(H,39,41);2-16,21H,1H3. The maximum absolute atomic E-state index is 14.7. The molecule has 0 saturated carbocycles. The van der Waals surface area contributed by atoms with Gasteiger partial charge in [0.2, 0.25) is 5.91 Å². The first-order chi connectivity index (χ1) is 33.4. The van der Waals surface area contributed by atoms with Crippen LogP contribution in [0.3, 0.4) is 0 Å². The molecule has 10 nitrogen and oxygen atoms in total. The summed E-state index contributed by atoms with van der Waals surface area (Å²) in [4.78, 5) is 26.1. The molecule has 0 aromatic heterocycles. The van der Waals surface area contributed by atoms with Gasteiger partial charge in [0.15, 0.2) is 12.9 Å². The number of hydrogen-bond acceptors (Lipinski definition) is 8. The van der Waals surface area contributed by atoms with E-state index in [9.17, 15) is 28.9 Å². The summed E-state index contributed by atoms with van der Waals surface area (Å²) in [6, 6.07) is 56.5. The van der Waals surface area contributed by atoms with Crippen molar-refractivity contribution in [3.8, 4) is 11.5 Å². The monoisotopic (exact) mass is 964 g/mol. The van der Waals surface area contributed by atoms with E-state index in [0.29, 0.717) is 53.6 Å². The van der Waals surface area contributed by atoms with Crippen LogP contribution in [0.5, 0.6) is 11.5 Å². The van der Waals surface area contributed by atoms with Gasteiger partial charge in [-0.25, -0.2) is 0 Å². The highest BCUT2D eigenvalue weighted by atomic mass is 31.2. The molecule has 7 rings (SSSR count). The van der Waals surface area contributed by atoms with Crippen molar-refractivity contribution in [1.29, 1.82) is 0 Å². The zero-order valence-electron chi connectivity index (χ0n) is 39.4. The first-order valence-electron chi connectivity index (χ1n) is 23.5. The van der Waals surface area contributed by atoms with Crippen molar-refractivity contribution in [2.45, 2.75) is 71.5 Å². The van der Waals surface area contributed by atoms with Gasteiger partial charge in [-0.05, 0) is 98.8 Å². The Kier molecular flexibility index (Phi) is 19.3. The summed E-state index contributed by atoms with van der Waals surface area (Å²) >= 11 is 0. The lowest BCUT2D eigenvalue weighted by Crippen LogP contribution is -2.25. The lowest BCUT2D eigenvalue weighted by Gasteiger charge is -2.23. The molecular weight excluding hydrogens is 903 g/mol. The van der Waals surface area contributed by atoms with Crippen molar-refractivity contribution in [3.63, 3.8) is 0 Å². The van der Waals surface area contributed by atoms with Crippen LogP contribution in [0.25, 0.3) is 0 Å². The van der Waals surface area contributed by atoms with E-state index in [-0.39, 0.29) is 24.0 Å². The molecule has 0 radical (unpaired) electrons. The Bertz CT molecular complexity index is 2690. The molecular formula is C57H62N2O8P2. The predicted molar refractivity (Wildman–Crippen MR) is 280 cm³/mol. The van der Waals surface area contributed by atoms with E-state index < -0.39 is 26.7 Å². The predicted octanol–water partition coefficient (Wildman–Crippen LogP) is 10.5. The maximum Gasteiger partial charge on any atom is 0.306 e. The quantitative estimate of drug-likeness (QED) is 0.0411. The number of aliphatic hydroxyl groups is 2. The molecule has 4 N–H and O–H groups in total. The van der Waals surface area contributed by atoms with Crippen LogP contribution in [0.1, 0.15) is 93.0 Å². The van der Waals surface area contributed by atoms with Crippen molar-refractivity contribution in [2.75, 3.05) is 18.5 Å². The van der Waals surface area contributed by atoms with E-state index in [1.165, 1.54) is 0 Å². The number of hydrogen-bond donors (Lipinski definition) is 4. The number of benzene rings is 7. The van der Waals surface area contributed by atoms with Crippen LogP contribution >= 0.6 is 14.5 Å². The molecule has 69 heavy (non-hydrogen) atoms. The number of amides is 2. The molecule has 0 spiro atoms. The summed E-state index contributed by atoms with van der Waals surface area (Å²) in [6.45, 7) is 6.52. The van der Waals surface area contributed by atoms with Gasteiger partial charge in [-0.1, -0.05) is 153 Å². The van der Waals surface area contributed by atoms with Gasteiger partial charge in [0.05, 0.1) is 35.1 Å². The fraction of sp³-hybridized carbons (Fsp3) is 0.228. The van der Waals surface area contributed by atoms with E-state index in [1.807, 2.05) is 121 Å². The molecule has 0 saturated heterocycles. The Labute approximate surface area is 406 Å². The van der Waals surface area contributed by atoms with Gasteiger partial charge < -0.3 is 34.7 Å².